The number of hydrogen-bond acceptors (Lipinski definition) is 5. The second-order valence-electron chi connectivity index (χ2n) is 6.29. The molecule has 30 heavy (non-hydrogen) atoms. The van der Waals surface area contributed by atoms with E-state index in [1.54, 1.807) is 42.5 Å². The molecule has 7 heteroatoms. The highest BCUT2D eigenvalue weighted by Gasteiger charge is 2.13. The monoisotopic (exact) mass is 402 g/mol. The van der Waals surface area contributed by atoms with Crippen molar-refractivity contribution in [2.75, 3.05) is 0 Å². The number of fused-ring (bicyclic) bond motifs is 1. The zero-order valence-electron chi connectivity index (χ0n) is 15.5. The number of furan rings is 1. The van der Waals surface area contributed by atoms with Crippen molar-refractivity contribution in [3.05, 3.63) is 102 Å². The Morgan fingerprint density at radius 1 is 0.967 bits per heavy atom. The molecule has 3 aromatic carbocycles. The number of carbonyl (C=O) groups excluding carboxylic acids is 2. The average molecular weight is 402 g/mol. The summed E-state index contributed by atoms with van der Waals surface area (Å²) in [7, 11) is 0. The van der Waals surface area contributed by atoms with Gasteiger partial charge in [-0.2, -0.15) is 5.10 Å². The summed E-state index contributed by atoms with van der Waals surface area (Å²) in [6.45, 7) is 0. The van der Waals surface area contributed by atoms with E-state index in [0.29, 0.717) is 11.1 Å². The van der Waals surface area contributed by atoms with Gasteiger partial charge in [-0.15, -0.1) is 0 Å². The van der Waals surface area contributed by atoms with Crippen LogP contribution in [0.4, 0.5) is 4.39 Å². The molecule has 0 fully saturated rings. The first-order chi connectivity index (χ1) is 14.6. The summed E-state index contributed by atoms with van der Waals surface area (Å²) in [5.74, 6) is -1.49. The van der Waals surface area contributed by atoms with E-state index in [1.165, 1.54) is 24.4 Å². The molecule has 1 amide bonds. The molecule has 0 saturated carbocycles. The summed E-state index contributed by atoms with van der Waals surface area (Å²) >= 11 is 0. The molecule has 0 saturated heterocycles. The van der Waals surface area contributed by atoms with Crippen LogP contribution in [-0.2, 0) is 0 Å². The predicted molar refractivity (Wildman–Crippen MR) is 109 cm³/mol. The van der Waals surface area contributed by atoms with Crippen LogP contribution in [0, 0.1) is 5.82 Å². The highest BCUT2D eigenvalue weighted by atomic mass is 19.1. The van der Waals surface area contributed by atoms with Gasteiger partial charge >= 0.3 is 11.9 Å². The normalized spacial score (nSPS) is 11.0. The van der Waals surface area contributed by atoms with Gasteiger partial charge in [-0.05, 0) is 54.1 Å². The lowest BCUT2D eigenvalue weighted by Crippen LogP contribution is -2.16. The van der Waals surface area contributed by atoms with Gasteiger partial charge in [0.1, 0.15) is 17.1 Å². The molecule has 0 radical (unpaired) electrons. The topological polar surface area (TPSA) is 80.9 Å². The van der Waals surface area contributed by atoms with Crippen molar-refractivity contribution in [1.29, 1.82) is 0 Å². The van der Waals surface area contributed by atoms with Crippen molar-refractivity contribution < 1.29 is 23.1 Å². The van der Waals surface area contributed by atoms with E-state index in [4.69, 9.17) is 9.15 Å². The fourth-order valence-electron chi connectivity index (χ4n) is 2.73. The number of hydrazone groups is 1. The van der Waals surface area contributed by atoms with E-state index in [0.717, 1.165) is 5.39 Å². The lowest BCUT2D eigenvalue weighted by Gasteiger charge is -2.05. The summed E-state index contributed by atoms with van der Waals surface area (Å²) in [6, 6.07) is 20.9. The number of rotatable bonds is 5. The lowest BCUT2D eigenvalue weighted by molar-refractivity contribution is 0.0729. The van der Waals surface area contributed by atoms with Gasteiger partial charge in [-0.25, -0.2) is 14.6 Å². The maximum atomic E-state index is 13.6. The molecule has 148 valence electrons. The van der Waals surface area contributed by atoms with Crippen LogP contribution in [0.1, 0.15) is 26.5 Å². The SMILES string of the molecule is O=C(N/N=C\c1ccc(OC(=O)c2ccccc2F)cc1)c1cc2ccccc2o1. The molecule has 4 aromatic rings. The third-order valence-electron chi connectivity index (χ3n) is 4.21. The summed E-state index contributed by atoms with van der Waals surface area (Å²) in [5, 5.41) is 4.72. The molecule has 0 aliphatic rings. The smallest absolute Gasteiger partial charge is 0.346 e. The van der Waals surface area contributed by atoms with E-state index < -0.39 is 17.7 Å². The quantitative estimate of drug-likeness (QED) is 0.230. The van der Waals surface area contributed by atoms with Gasteiger partial charge in [0, 0.05) is 5.39 Å². The zero-order valence-corrected chi connectivity index (χ0v) is 15.5. The van der Waals surface area contributed by atoms with Gasteiger partial charge in [0.25, 0.3) is 0 Å². The molecular weight excluding hydrogens is 387 g/mol. The van der Waals surface area contributed by atoms with Crippen LogP contribution in [0.25, 0.3) is 11.0 Å². The van der Waals surface area contributed by atoms with E-state index in [-0.39, 0.29) is 17.1 Å². The Labute approximate surface area is 170 Å². The number of ether oxygens (including phenoxy) is 1. The van der Waals surface area contributed by atoms with E-state index in [1.807, 2.05) is 18.2 Å². The van der Waals surface area contributed by atoms with Crippen LogP contribution < -0.4 is 10.2 Å². The maximum absolute atomic E-state index is 13.6. The Morgan fingerprint density at radius 2 is 1.70 bits per heavy atom. The lowest BCUT2D eigenvalue weighted by atomic mass is 10.2. The minimum atomic E-state index is -0.785. The fraction of sp³-hybridized carbons (Fsp3) is 0. The molecule has 0 aliphatic heterocycles. The van der Waals surface area contributed by atoms with Crippen molar-refractivity contribution in [2.45, 2.75) is 0 Å². The first-order valence-corrected chi connectivity index (χ1v) is 8.99. The van der Waals surface area contributed by atoms with Crippen LogP contribution in [0.15, 0.2) is 88.4 Å². The summed E-state index contributed by atoms with van der Waals surface area (Å²) < 4.78 is 24.3. The minimum Gasteiger partial charge on any atom is -0.451 e. The molecule has 0 spiro atoms. The molecule has 4 rings (SSSR count). The molecule has 6 nitrogen and oxygen atoms in total. The minimum absolute atomic E-state index is 0.142. The van der Waals surface area contributed by atoms with Crippen molar-refractivity contribution in [3.8, 4) is 5.75 Å². The average Bonchev–Trinajstić information content (AvgIpc) is 3.20. The summed E-state index contributed by atoms with van der Waals surface area (Å²) in [5.41, 5.74) is 3.53. The van der Waals surface area contributed by atoms with Crippen LogP contribution in [0.3, 0.4) is 0 Å². The molecule has 1 aromatic heterocycles. The number of nitrogens with one attached hydrogen (secondary N) is 1. The third-order valence-corrected chi connectivity index (χ3v) is 4.21. The largest absolute Gasteiger partial charge is 0.451 e. The van der Waals surface area contributed by atoms with Crippen LogP contribution in [-0.4, -0.2) is 18.1 Å². The van der Waals surface area contributed by atoms with Gasteiger partial charge < -0.3 is 9.15 Å². The maximum Gasteiger partial charge on any atom is 0.346 e. The van der Waals surface area contributed by atoms with Gasteiger partial charge in [0.2, 0.25) is 0 Å². The van der Waals surface area contributed by atoms with Gasteiger partial charge in [-0.1, -0.05) is 30.3 Å². The third kappa shape index (κ3) is 4.25. The van der Waals surface area contributed by atoms with Crippen LogP contribution >= 0.6 is 0 Å². The fourth-order valence-corrected chi connectivity index (χ4v) is 2.73. The molecule has 0 aliphatic carbocycles. The highest BCUT2D eigenvalue weighted by Crippen LogP contribution is 2.18. The second kappa shape index (κ2) is 8.40. The Hall–Kier alpha value is -4.26. The Balaban J connectivity index is 1.36. The summed E-state index contributed by atoms with van der Waals surface area (Å²) in [4.78, 5) is 24.2. The number of benzene rings is 3. The van der Waals surface area contributed by atoms with Crippen LogP contribution in [0.2, 0.25) is 0 Å². The molecule has 0 unspecified atom stereocenters. The number of carbonyl (C=O) groups is 2. The number of para-hydroxylation sites is 1. The van der Waals surface area contributed by atoms with Gasteiger partial charge in [0.05, 0.1) is 11.8 Å². The van der Waals surface area contributed by atoms with Gasteiger partial charge in [0.15, 0.2) is 5.76 Å². The standard InChI is InChI=1S/C23H15FN2O4/c24-19-7-3-2-6-18(19)23(28)29-17-11-9-15(10-12-17)14-25-26-22(27)21-13-16-5-1-4-8-20(16)30-21/h1-14H,(H,26,27)/b25-14-. The molecule has 0 atom stereocenters. The van der Waals surface area contributed by atoms with Crippen LogP contribution in [0.5, 0.6) is 5.75 Å². The van der Waals surface area contributed by atoms with Crippen molar-refractivity contribution >= 4 is 29.1 Å². The number of halogens is 1. The molecule has 0 bridgehead atoms. The van der Waals surface area contributed by atoms with E-state index in [9.17, 15) is 14.0 Å². The number of hydrogen-bond donors (Lipinski definition) is 1. The Kier molecular flexibility index (Phi) is 5.34. The number of amides is 1. The first-order valence-electron chi connectivity index (χ1n) is 8.99. The molecule has 1 heterocycles. The van der Waals surface area contributed by atoms with E-state index >= 15 is 0 Å². The number of nitrogens with zero attached hydrogens (tertiary/aromatic N) is 1. The summed E-state index contributed by atoms with van der Waals surface area (Å²) in [6.07, 6.45) is 1.43. The molecular formula is C23H15FN2O4. The Morgan fingerprint density at radius 3 is 2.47 bits per heavy atom. The second-order valence-corrected chi connectivity index (χ2v) is 6.29. The first kappa shape index (κ1) is 19.1. The van der Waals surface area contributed by atoms with Crippen molar-refractivity contribution in [3.63, 3.8) is 0 Å². The zero-order chi connectivity index (χ0) is 20.9. The van der Waals surface area contributed by atoms with E-state index in [2.05, 4.69) is 10.5 Å². The molecule has 1 N–H and O–H groups in total. The predicted octanol–water partition coefficient (Wildman–Crippen LogP) is 4.56. The van der Waals surface area contributed by atoms with Crippen molar-refractivity contribution in [2.24, 2.45) is 5.10 Å². The van der Waals surface area contributed by atoms with Crippen molar-refractivity contribution in [1.82, 2.24) is 5.43 Å². The number of esters is 1. The Bertz CT molecular complexity index is 1210. The highest BCUT2D eigenvalue weighted by molar-refractivity contribution is 5.96. The van der Waals surface area contributed by atoms with Gasteiger partial charge in [-0.3, -0.25) is 4.79 Å².